The predicted molar refractivity (Wildman–Crippen MR) is 56.4 cm³/mol. The number of aromatic carboxylic acids is 1. The Labute approximate surface area is 87.3 Å². The van der Waals surface area contributed by atoms with Crippen molar-refractivity contribution in [3.63, 3.8) is 0 Å². The number of aliphatic hydroxyl groups is 1. The standard InChI is InChI=1S/C11H11NO3/c12-10-6-8(3-1-2-4-13)5-9(7-10)11(14)15/h5-7,13H,2,4,12H2,(H,14,15). The lowest BCUT2D eigenvalue weighted by Crippen LogP contribution is -1.98. The number of hydrogen-bond donors (Lipinski definition) is 3. The highest BCUT2D eigenvalue weighted by Gasteiger charge is 2.04. The van der Waals surface area contributed by atoms with E-state index in [0.717, 1.165) is 0 Å². The maximum absolute atomic E-state index is 10.7. The third kappa shape index (κ3) is 3.33. The Morgan fingerprint density at radius 1 is 1.40 bits per heavy atom. The molecule has 0 amide bonds. The quantitative estimate of drug-likeness (QED) is 0.490. The minimum absolute atomic E-state index is 0.0128. The summed E-state index contributed by atoms with van der Waals surface area (Å²) in [5.74, 6) is 4.39. The highest BCUT2D eigenvalue weighted by atomic mass is 16.4. The van der Waals surface area contributed by atoms with Crippen molar-refractivity contribution in [3.8, 4) is 11.8 Å². The van der Waals surface area contributed by atoms with Crippen LogP contribution < -0.4 is 5.73 Å². The molecule has 0 bridgehead atoms. The molecule has 0 aliphatic heterocycles. The fourth-order valence-electron chi connectivity index (χ4n) is 1.07. The third-order valence-electron chi connectivity index (χ3n) is 1.67. The Bertz CT molecular complexity index is 429. The van der Waals surface area contributed by atoms with E-state index in [0.29, 0.717) is 17.7 Å². The van der Waals surface area contributed by atoms with Crippen molar-refractivity contribution in [2.75, 3.05) is 12.3 Å². The minimum Gasteiger partial charge on any atom is -0.478 e. The van der Waals surface area contributed by atoms with E-state index < -0.39 is 5.97 Å². The van der Waals surface area contributed by atoms with Crippen LogP contribution in [0.1, 0.15) is 22.3 Å². The van der Waals surface area contributed by atoms with Crippen LogP contribution in [0.5, 0.6) is 0 Å². The molecule has 0 saturated carbocycles. The number of nitrogen functional groups attached to an aromatic ring is 1. The molecule has 0 saturated heterocycles. The summed E-state index contributed by atoms with van der Waals surface area (Å²) in [6.45, 7) is -0.0128. The fourth-order valence-corrected chi connectivity index (χ4v) is 1.07. The number of carbonyl (C=O) groups is 1. The Morgan fingerprint density at radius 3 is 2.73 bits per heavy atom. The van der Waals surface area contributed by atoms with E-state index in [2.05, 4.69) is 11.8 Å². The molecule has 4 N–H and O–H groups in total. The first-order valence-electron chi connectivity index (χ1n) is 4.37. The van der Waals surface area contributed by atoms with Crippen LogP contribution in [0.15, 0.2) is 18.2 Å². The van der Waals surface area contributed by atoms with Crippen molar-refractivity contribution in [2.45, 2.75) is 6.42 Å². The Balaban J connectivity index is 3.00. The molecule has 0 aliphatic rings. The van der Waals surface area contributed by atoms with E-state index in [9.17, 15) is 4.79 Å². The third-order valence-corrected chi connectivity index (χ3v) is 1.67. The van der Waals surface area contributed by atoms with Crippen molar-refractivity contribution in [3.05, 3.63) is 29.3 Å². The molecule has 0 aromatic heterocycles. The molecule has 0 aliphatic carbocycles. The van der Waals surface area contributed by atoms with Gasteiger partial charge in [0, 0.05) is 17.7 Å². The second kappa shape index (κ2) is 5.03. The number of carboxylic acids is 1. The Hall–Kier alpha value is -1.99. The molecule has 15 heavy (non-hydrogen) atoms. The fraction of sp³-hybridized carbons (Fsp3) is 0.182. The van der Waals surface area contributed by atoms with Crippen LogP contribution >= 0.6 is 0 Å². The van der Waals surface area contributed by atoms with Gasteiger partial charge in [-0.1, -0.05) is 11.8 Å². The van der Waals surface area contributed by atoms with Crippen LogP contribution in [0, 0.1) is 11.8 Å². The maximum atomic E-state index is 10.7. The van der Waals surface area contributed by atoms with Crippen molar-refractivity contribution in [1.29, 1.82) is 0 Å². The van der Waals surface area contributed by atoms with Gasteiger partial charge < -0.3 is 15.9 Å². The summed E-state index contributed by atoms with van der Waals surface area (Å²) in [4.78, 5) is 10.7. The second-order valence-electron chi connectivity index (χ2n) is 2.92. The summed E-state index contributed by atoms with van der Waals surface area (Å²) in [6.07, 6.45) is 0.358. The zero-order valence-electron chi connectivity index (χ0n) is 8.03. The molecule has 4 heteroatoms. The molecule has 78 valence electrons. The molecular weight excluding hydrogens is 194 g/mol. The zero-order valence-corrected chi connectivity index (χ0v) is 8.03. The first kappa shape index (κ1) is 11.1. The number of rotatable bonds is 2. The lowest BCUT2D eigenvalue weighted by molar-refractivity contribution is 0.0697. The summed E-state index contributed by atoms with van der Waals surface area (Å²) in [7, 11) is 0. The van der Waals surface area contributed by atoms with E-state index in [-0.39, 0.29) is 12.2 Å². The van der Waals surface area contributed by atoms with Crippen LogP contribution in [0.4, 0.5) is 5.69 Å². The van der Waals surface area contributed by atoms with Crippen LogP contribution in [-0.4, -0.2) is 22.8 Å². The van der Waals surface area contributed by atoms with Crippen LogP contribution in [0.3, 0.4) is 0 Å². The SMILES string of the molecule is Nc1cc(C#CCCO)cc(C(=O)O)c1. The van der Waals surface area contributed by atoms with Gasteiger partial charge in [0.2, 0.25) is 0 Å². The molecule has 0 unspecified atom stereocenters. The van der Waals surface area contributed by atoms with Gasteiger partial charge in [0.25, 0.3) is 0 Å². The second-order valence-corrected chi connectivity index (χ2v) is 2.92. The van der Waals surface area contributed by atoms with Crippen LogP contribution in [0.2, 0.25) is 0 Å². The molecule has 1 rings (SSSR count). The number of benzene rings is 1. The average Bonchev–Trinajstić information content (AvgIpc) is 2.17. The minimum atomic E-state index is -1.03. The molecule has 0 heterocycles. The Morgan fingerprint density at radius 2 is 2.13 bits per heavy atom. The van der Waals surface area contributed by atoms with Gasteiger partial charge in [-0.25, -0.2) is 4.79 Å². The number of nitrogens with two attached hydrogens (primary N) is 1. The van der Waals surface area contributed by atoms with E-state index in [1.165, 1.54) is 12.1 Å². The van der Waals surface area contributed by atoms with Crippen LogP contribution in [-0.2, 0) is 0 Å². The lowest BCUT2D eigenvalue weighted by atomic mass is 10.1. The van der Waals surface area contributed by atoms with Crippen molar-refractivity contribution in [2.24, 2.45) is 0 Å². The normalized spacial score (nSPS) is 9.13. The first-order chi connectivity index (χ1) is 7.13. The smallest absolute Gasteiger partial charge is 0.335 e. The molecule has 1 aromatic rings. The van der Waals surface area contributed by atoms with Gasteiger partial charge in [0.1, 0.15) is 0 Å². The maximum Gasteiger partial charge on any atom is 0.335 e. The van der Waals surface area contributed by atoms with E-state index in [4.69, 9.17) is 15.9 Å². The molecular formula is C11H11NO3. The molecule has 0 atom stereocenters. The molecule has 4 nitrogen and oxygen atoms in total. The van der Waals surface area contributed by atoms with Gasteiger partial charge in [0.15, 0.2) is 0 Å². The summed E-state index contributed by atoms with van der Waals surface area (Å²) in [6, 6.07) is 4.42. The summed E-state index contributed by atoms with van der Waals surface area (Å²) in [5, 5.41) is 17.3. The highest BCUT2D eigenvalue weighted by Crippen LogP contribution is 2.11. The summed E-state index contributed by atoms with van der Waals surface area (Å²) >= 11 is 0. The average molecular weight is 205 g/mol. The summed E-state index contributed by atoms with van der Waals surface area (Å²) in [5.41, 5.74) is 6.54. The molecule has 1 aromatic carbocycles. The number of aliphatic hydroxyl groups excluding tert-OH is 1. The highest BCUT2D eigenvalue weighted by molar-refractivity contribution is 5.89. The van der Waals surface area contributed by atoms with Gasteiger partial charge >= 0.3 is 5.97 Å². The lowest BCUT2D eigenvalue weighted by Gasteiger charge is -1.98. The van der Waals surface area contributed by atoms with E-state index in [1.54, 1.807) is 6.07 Å². The van der Waals surface area contributed by atoms with Gasteiger partial charge in [-0.3, -0.25) is 0 Å². The Kier molecular flexibility index (Phi) is 3.72. The van der Waals surface area contributed by atoms with E-state index in [1.807, 2.05) is 0 Å². The number of anilines is 1. The predicted octanol–water partition coefficient (Wildman–Crippen LogP) is 0.701. The molecule has 0 radical (unpaired) electrons. The monoisotopic (exact) mass is 205 g/mol. The van der Waals surface area contributed by atoms with Crippen molar-refractivity contribution in [1.82, 2.24) is 0 Å². The molecule has 0 fully saturated rings. The van der Waals surface area contributed by atoms with E-state index >= 15 is 0 Å². The van der Waals surface area contributed by atoms with Gasteiger partial charge in [-0.05, 0) is 18.2 Å². The van der Waals surface area contributed by atoms with Crippen LogP contribution in [0.25, 0.3) is 0 Å². The van der Waals surface area contributed by atoms with Crippen molar-refractivity contribution < 1.29 is 15.0 Å². The zero-order chi connectivity index (χ0) is 11.3. The van der Waals surface area contributed by atoms with Crippen molar-refractivity contribution >= 4 is 11.7 Å². The van der Waals surface area contributed by atoms with Gasteiger partial charge in [0.05, 0.1) is 12.2 Å². The summed E-state index contributed by atoms with van der Waals surface area (Å²) < 4.78 is 0. The molecule has 0 spiro atoms. The number of carboxylic acid groups (broad SMARTS) is 1. The van der Waals surface area contributed by atoms with Gasteiger partial charge in [-0.15, -0.1) is 0 Å². The first-order valence-corrected chi connectivity index (χ1v) is 4.37. The van der Waals surface area contributed by atoms with Gasteiger partial charge in [-0.2, -0.15) is 0 Å². The topological polar surface area (TPSA) is 83.5 Å². The largest absolute Gasteiger partial charge is 0.478 e. The number of hydrogen-bond acceptors (Lipinski definition) is 3.